The molecule has 0 fully saturated rings. The molecule has 0 rings (SSSR count). The van der Waals surface area contributed by atoms with Crippen molar-refractivity contribution in [3.05, 3.63) is 0 Å². The maximum atomic E-state index is 12.9. The van der Waals surface area contributed by atoms with Crippen LogP contribution in [0.5, 0.6) is 0 Å². The highest BCUT2D eigenvalue weighted by molar-refractivity contribution is 5.65. The highest BCUT2D eigenvalue weighted by Gasteiger charge is 2.73. The van der Waals surface area contributed by atoms with Gasteiger partial charge in [0.1, 0.15) is 0 Å². The molecule has 1 amide bonds. The van der Waals surface area contributed by atoms with E-state index in [2.05, 4.69) is 0 Å². The second-order valence-corrected chi connectivity index (χ2v) is 3.78. The number of nitrogens with zero attached hydrogens (tertiary/aromatic N) is 1. The molecular weight excluding hydrogens is 275 g/mol. The van der Waals surface area contributed by atoms with E-state index in [9.17, 15) is 35.5 Å². The Bertz CT molecular complexity index is 313. The Balaban J connectivity index is 5.22. The van der Waals surface area contributed by atoms with Crippen molar-refractivity contribution >= 4 is 6.09 Å². The van der Waals surface area contributed by atoms with Crippen LogP contribution in [0.3, 0.4) is 0 Å². The summed E-state index contributed by atoms with van der Waals surface area (Å²) < 4.78 is 86.1. The third kappa shape index (κ3) is 3.16. The van der Waals surface area contributed by atoms with Gasteiger partial charge in [-0.3, -0.25) is 4.90 Å². The lowest BCUT2D eigenvalue weighted by atomic mass is 10.1. The first-order chi connectivity index (χ1) is 7.74. The third-order valence-corrected chi connectivity index (χ3v) is 2.05. The Hall–Kier alpha value is -1.22. The summed E-state index contributed by atoms with van der Waals surface area (Å²) in [6.07, 6.45) is -8.47. The van der Waals surface area contributed by atoms with E-state index in [1.165, 1.54) is 0 Å². The van der Waals surface area contributed by atoms with Gasteiger partial charge < -0.3 is 5.11 Å². The maximum absolute atomic E-state index is 12.9. The predicted molar refractivity (Wildman–Crippen MR) is 45.8 cm³/mol. The minimum atomic E-state index is -6.46. The van der Waals surface area contributed by atoms with Gasteiger partial charge in [0.25, 0.3) is 0 Å². The number of halogens is 7. The zero-order chi connectivity index (χ0) is 14.9. The topological polar surface area (TPSA) is 40.5 Å². The molecule has 0 unspecified atom stereocenters. The van der Waals surface area contributed by atoms with Gasteiger partial charge in [-0.1, -0.05) is 0 Å². The normalized spacial score (nSPS) is 13.9. The van der Waals surface area contributed by atoms with Crippen LogP contribution in [0.2, 0.25) is 0 Å². The highest BCUT2D eigenvalue weighted by Crippen LogP contribution is 2.46. The largest absolute Gasteiger partial charge is 0.465 e. The van der Waals surface area contributed by atoms with E-state index in [0.29, 0.717) is 0 Å². The van der Waals surface area contributed by atoms with Gasteiger partial charge in [0.15, 0.2) is 0 Å². The lowest BCUT2D eigenvalue weighted by Gasteiger charge is -2.33. The summed E-state index contributed by atoms with van der Waals surface area (Å²) in [7, 11) is 0. The van der Waals surface area contributed by atoms with Gasteiger partial charge in [0.2, 0.25) is 0 Å². The molecule has 3 nitrogen and oxygen atoms in total. The Kier molecular flexibility index (Phi) is 4.48. The minimum Gasteiger partial charge on any atom is -0.465 e. The van der Waals surface area contributed by atoms with Crippen molar-refractivity contribution in [2.45, 2.75) is 37.9 Å². The molecule has 0 saturated carbocycles. The number of carbonyl (C=O) groups is 1. The van der Waals surface area contributed by atoms with Crippen molar-refractivity contribution in [1.82, 2.24) is 4.90 Å². The Labute approximate surface area is 97.2 Å². The third-order valence-electron chi connectivity index (χ3n) is 2.05. The quantitative estimate of drug-likeness (QED) is 0.806. The van der Waals surface area contributed by atoms with Crippen LogP contribution in [0.15, 0.2) is 0 Å². The van der Waals surface area contributed by atoms with Gasteiger partial charge in [-0.15, -0.1) is 0 Å². The van der Waals surface area contributed by atoms with E-state index in [4.69, 9.17) is 5.11 Å². The number of rotatable bonds is 4. The molecule has 1 N–H and O–H groups in total. The van der Waals surface area contributed by atoms with Crippen molar-refractivity contribution in [1.29, 1.82) is 0 Å². The molecule has 0 aromatic carbocycles. The molecular formula is C8H10F7NO2. The summed E-state index contributed by atoms with van der Waals surface area (Å²) in [6.45, 7) is -0.113. The van der Waals surface area contributed by atoms with Gasteiger partial charge in [-0.2, -0.15) is 30.7 Å². The number of hydrogen-bond acceptors (Lipinski definition) is 1. The van der Waals surface area contributed by atoms with Gasteiger partial charge >= 0.3 is 24.1 Å². The molecule has 0 radical (unpaired) electrons. The van der Waals surface area contributed by atoms with Gasteiger partial charge in [-0.25, -0.2) is 4.79 Å². The van der Waals surface area contributed by atoms with E-state index in [1.54, 1.807) is 0 Å². The fourth-order valence-corrected chi connectivity index (χ4v) is 0.992. The van der Waals surface area contributed by atoms with E-state index in [1.807, 2.05) is 0 Å². The minimum absolute atomic E-state index is 0.195. The van der Waals surface area contributed by atoms with Gasteiger partial charge in [-0.05, 0) is 13.8 Å². The van der Waals surface area contributed by atoms with Crippen LogP contribution < -0.4 is 0 Å². The molecule has 0 aromatic rings. The van der Waals surface area contributed by atoms with E-state index < -0.39 is 36.7 Å². The van der Waals surface area contributed by atoms with Crippen LogP contribution in [-0.4, -0.2) is 46.7 Å². The smallest absolute Gasteiger partial charge is 0.459 e. The van der Waals surface area contributed by atoms with Crippen molar-refractivity contribution in [2.75, 3.05) is 6.54 Å². The predicted octanol–water partition coefficient (Wildman–Crippen LogP) is 3.21. The van der Waals surface area contributed by atoms with Crippen LogP contribution in [0.25, 0.3) is 0 Å². The lowest BCUT2D eigenvalue weighted by Crippen LogP contribution is -2.58. The Morgan fingerprint density at radius 2 is 1.50 bits per heavy atom. The maximum Gasteiger partial charge on any atom is 0.459 e. The molecule has 0 bridgehead atoms. The van der Waals surface area contributed by atoms with Crippen LogP contribution in [-0.2, 0) is 0 Å². The summed E-state index contributed by atoms with van der Waals surface area (Å²) in [5.41, 5.74) is 0. The average molecular weight is 285 g/mol. The van der Waals surface area contributed by atoms with Crippen LogP contribution in [0, 0.1) is 0 Å². The first kappa shape index (κ1) is 16.8. The first-order valence-electron chi connectivity index (χ1n) is 4.56. The molecule has 18 heavy (non-hydrogen) atoms. The van der Waals surface area contributed by atoms with Gasteiger partial charge in [0.05, 0.1) is 6.54 Å². The molecule has 0 aromatic heterocycles. The molecule has 0 atom stereocenters. The molecule has 0 spiro atoms. The van der Waals surface area contributed by atoms with Crippen LogP contribution in [0.4, 0.5) is 35.5 Å². The van der Waals surface area contributed by atoms with Crippen molar-refractivity contribution < 1.29 is 40.6 Å². The molecule has 108 valence electrons. The van der Waals surface area contributed by atoms with E-state index >= 15 is 0 Å². The average Bonchev–Trinajstić information content (AvgIpc) is 2.11. The summed E-state index contributed by atoms with van der Waals surface area (Å²) in [5.74, 6) is -11.9. The zero-order valence-electron chi connectivity index (χ0n) is 9.23. The second-order valence-electron chi connectivity index (χ2n) is 3.78. The van der Waals surface area contributed by atoms with Crippen molar-refractivity contribution in [2.24, 2.45) is 0 Å². The molecule has 0 aliphatic carbocycles. The highest BCUT2D eigenvalue weighted by atomic mass is 19.4. The molecule has 0 saturated heterocycles. The lowest BCUT2D eigenvalue weighted by molar-refractivity contribution is -0.355. The molecule has 0 aliphatic heterocycles. The summed E-state index contributed by atoms with van der Waals surface area (Å²) in [6, 6.07) is -1.17. The fraction of sp³-hybridized carbons (Fsp3) is 0.875. The van der Waals surface area contributed by atoms with Crippen LogP contribution >= 0.6 is 0 Å². The van der Waals surface area contributed by atoms with E-state index in [-0.39, 0.29) is 4.90 Å². The number of hydrogen-bond donors (Lipinski definition) is 1. The second kappa shape index (κ2) is 4.81. The Morgan fingerprint density at radius 1 is 1.11 bits per heavy atom. The van der Waals surface area contributed by atoms with Crippen LogP contribution in [0.1, 0.15) is 13.8 Å². The monoisotopic (exact) mass is 285 g/mol. The molecule has 0 aliphatic rings. The fourth-order valence-electron chi connectivity index (χ4n) is 0.992. The Morgan fingerprint density at radius 3 is 1.72 bits per heavy atom. The molecule has 0 heterocycles. The SMILES string of the molecule is CC(C)N(CC(F)(F)C(F)(F)C(F)(F)F)C(=O)O. The van der Waals surface area contributed by atoms with Crippen molar-refractivity contribution in [3.63, 3.8) is 0 Å². The summed E-state index contributed by atoms with van der Waals surface area (Å²) in [4.78, 5) is 10.3. The van der Waals surface area contributed by atoms with Gasteiger partial charge in [0, 0.05) is 6.04 Å². The molecule has 10 heteroatoms. The summed E-state index contributed by atoms with van der Waals surface area (Å²) >= 11 is 0. The number of amides is 1. The number of alkyl halides is 7. The summed E-state index contributed by atoms with van der Waals surface area (Å²) in [5, 5.41) is 8.44. The standard InChI is InChI=1S/C8H10F7NO2/c1-4(2)16(5(17)18)3-6(9,10)7(11,12)8(13,14)15/h4H,3H2,1-2H3,(H,17,18). The zero-order valence-corrected chi connectivity index (χ0v) is 9.23. The first-order valence-corrected chi connectivity index (χ1v) is 4.56. The number of carboxylic acid groups (broad SMARTS) is 1. The van der Waals surface area contributed by atoms with Crippen molar-refractivity contribution in [3.8, 4) is 0 Å². The van der Waals surface area contributed by atoms with E-state index in [0.717, 1.165) is 13.8 Å².